The van der Waals surface area contributed by atoms with E-state index in [2.05, 4.69) is 15.5 Å². The predicted octanol–water partition coefficient (Wildman–Crippen LogP) is 2.18. The van der Waals surface area contributed by atoms with Gasteiger partial charge in [-0.15, -0.1) is 10.2 Å². The van der Waals surface area contributed by atoms with Gasteiger partial charge in [0.05, 0.1) is 7.11 Å². The van der Waals surface area contributed by atoms with Crippen LogP contribution in [0.4, 0.5) is 4.39 Å². The standard InChI is InChI=1S/C14H16FN3O2/c1-19-12-8-9(2-5-11(12)15)14-18-17-13(20-14)6-7-16-10-3-4-10/h2,5,8,10,16H,3-4,6-7H2,1H3. The maximum absolute atomic E-state index is 13.3. The zero-order chi connectivity index (χ0) is 13.9. The summed E-state index contributed by atoms with van der Waals surface area (Å²) in [5, 5.41) is 11.4. The molecule has 1 fully saturated rings. The van der Waals surface area contributed by atoms with E-state index < -0.39 is 5.82 Å². The molecule has 1 aromatic heterocycles. The van der Waals surface area contributed by atoms with Gasteiger partial charge in [0, 0.05) is 24.6 Å². The Kier molecular flexibility index (Phi) is 3.64. The van der Waals surface area contributed by atoms with Crippen LogP contribution < -0.4 is 10.1 Å². The molecule has 0 bridgehead atoms. The Morgan fingerprint density at radius 3 is 3.00 bits per heavy atom. The van der Waals surface area contributed by atoms with Gasteiger partial charge in [-0.05, 0) is 31.0 Å². The molecular weight excluding hydrogens is 261 g/mol. The van der Waals surface area contributed by atoms with Crippen molar-refractivity contribution in [3.05, 3.63) is 29.9 Å². The highest BCUT2D eigenvalue weighted by Gasteiger charge is 2.20. The maximum Gasteiger partial charge on any atom is 0.247 e. The smallest absolute Gasteiger partial charge is 0.247 e. The van der Waals surface area contributed by atoms with Crippen molar-refractivity contribution >= 4 is 0 Å². The molecule has 0 amide bonds. The van der Waals surface area contributed by atoms with Gasteiger partial charge in [-0.2, -0.15) is 0 Å². The number of nitrogens with one attached hydrogen (secondary N) is 1. The van der Waals surface area contributed by atoms with E-state index in [1.807, 2.05) is 0 Å². The van der Waals surface area contributed by atoms with E-state index in [4.69, 9.17) is 9.15 Å². The maximum atomic E-state index is 13.3. The molecule has 1 aliphatic rings. The van der Waals surface area contributed by atoms with Gasteiger partial charge < -0.3 is 14.5 Å². The Morgan fingerprint density at radius 2 is 2.25 bits per heavy atom. The summed E-state index contributed by atoms with van der Waals surface area (Å²) in [5.74, 6) is 0.712. The normalized spacial score (nSPS) is 14.5. The summed E-state index contributed by atoms with van der Waals surface area (Å²) < 4.78 is 23.8. The summed E-state index contributed by atoms with van der Waals surface area (Å²) in [4.78, 5) is 0. The van der Waals surface area contributed by atoms with Gasteiger partial charge in [-0.1, -0.05) is 0 Å². The zero-order valence-electron chi connectivity index (χ0n) is 11.2. The highest BCUT2D eigenvalue weighted by atomic mass is 19.1. The summed E-state index contributed by atoms with van der Waals surface area (Å²) in [6.45, 7) is 0.832. The number of benzene rings is 1. The highest BCUT2D eigenvalue weighted by Crippen LogP contribution is 2.25. The van der Waals surface area contributed by atoms with E-state index in [1.165, 1.54) is 26.0 Å². The second-order valence-corrected chi connectivity index (χ2v) is 4.83. The number of hydrogen-bond donors (Lipinski definition) is 1. The van der Waals surface area contributed by atoms with Crippen LogP contribution in [0.1, 0.15) is 18.7 Å². The van der Waals surface area contributed by atoms with Crippen molar-refractivity contribution in [1.29, 1.82) is 0 Å². The Morgan fingerprint density at radius 1 is 1.40 bits per heavy atom. The van der Waals surface area contributed by atoms with Crippen LogP contribution in [0.3, 0.4) is 0 Å². The fourth-order valence-electron chi connectivity index (χ4n) is 1.93. The molecule has 1 heterocycles. The van der Waals surface area contributed by atoms with Crippen molar-refractivity contribution in [2.75, 3.05) is 13.7 Å². The molecule has 0 radical (unpaired) electrons. The first kappa shape index (κ1) is 13.1. The third kappa shape index (κ3) is 2.96. The average molecular weight is 277 g/mol. The molecule has 106 valence electrons. The molecule has 6 heteroatoms. The van der Waals surface area contributed by atoms with Crippen LogP contribution in [0, 0.1) is 5.82 Å². The molecule has 1 saturated carbocycles. The lowest BCUT2D eigenvalue weighted by molar-refractivity contribution is 0.386. The van der Waals surface area contributed by atoms with E-state index in [1.54, 1.807) is 12.1 Å². The first-order valence-electron chi connectivity index (χ1n) is 6.66. The number of aromatic nitrogens is 2. The second-order valence-electron chi connectivity index (χ2n) is 4.83. The van der Waals surface area contributed by atoms with Crippen LogP contribution in [0.25, 0.3) is 11.5 Å². The lowest BCUT2D eigenvalue weighted by atomic mass is 10.2. The van der Waals surface area contributed by atoms with Crippen molar-refractivity contribution in [2.24, 2.45) is 0 Å². The second kappa shape index (κ2) is 5.58. The van der Waals surface area contributed by atoms with Crippen molar-refractivity contribution < 1.29 is 13.5 Å². The van der Waals surface area contributed by atoms with Crippen molar-refractivity contribution in [2.45, 2.75) is 25.3 Å². The van der Waals surface area contributed by atoms with E-state index in [-0.39, 0.29) is 5.75 Å². The van der Waals surface area contributed by atoms with Gasteiger partial charge >= 0.3 is 0 Å². The minimum absolute atomic E-state index is 0.164. The topological polar surface area (TPSA) is 60.2 Å². The van der Waals surface area contributed by atoms with Crippen LogP contribution in [-0.2, 0) is 6.42 Å². The third-order valence-electron chi connectivity index (χ3n) is 3.21. The molecule has 20 heavy (non-hydrogen) atoms. The first-order chi connectivity index (χ1) is 9.76. The number of nitrogens with zero attached hydrogens (tertiary/aromatic N) is 2. The molecule has 1 N–H and O–H groups in total. The minimum Gasteiger partial charge on any atom is -0.494 e. The van der Waals surface area contributed by atoms with Gasteiger partial charge in [0.2, 0.25) is 11.8 Å². The Bertz CT molecular complexity index is 596. The molecule has 0 spiro atoms. The first-order valence-corrected chi connectivity index (χ1v) is 6.66. The van der Waals surface area contributed by atoms with Crippen LogP contribution in [0.2, 0.25) is 0 Å². The van der Waals surface area contributed by atoms with E-state index >= 15 is 0 Å². The van der Waals surface area contributed by atoms with E-state index in [0.29, 0.717) is 29.8 Å². The number of hydrogen-bond acceptors (Lipinski definition) is 5. The number of halogens is 1. The third-order valence-corrected chi connectivity index (χ3v) is 3.21. The predicted molar refractivity (Wildman–Crippen MR) is 71.0 cm³/mol. The molecule has 0 unspecified atom stereocenters. The monoisotopic (exact) mass is 277 g/mol. The van der Waals surface area contributed by atoms with E-state index in [9.17, 15) is 4.39 Å². The molecule has 0 aliphatic heterocycles. The SMILES string of the molecule is COc1cc(-c2nnc(CCNC3CC3)o2)ccc1F. The molecule has 0 atom stereocenters. The summed E-state index contributed by atoms with van der Waals surface area (Å²) in [5.41, 5.74) is 0.650. The molecule has 3 rings (SSSR count). The lowest BCUT2D eigenvalue weighted by Crippen LogP contribution is -2.19. The van der Waals surface area contributed by atoms with Crippen molar-refractivity contribution in [3.63, 3.8) is 0 Å². The summed E-state index contributed by atoms with van der Waals surface area (Å²) >= 11 is 0. The lowest BCUT2D eigenvalue weighted by Gasteiger charge is -2.02. The van der Waals surface area contributed by atoms with Gasteiger partial charge in [0.15, 0.2) is 11.6 Å². The summed E-state index contributed by atoms with van der Waals surface area (Å²) in [6.07, 6.45) is 3.21. The van der Waals surface area contributed by atoms with Crippen LogP contribution in [-0.4, -0.2) is 29.9 Å². The fourth-order valence-corrected chi connectivity index (χ4v) is 1.93. The Labute approximate surface area is 116 Å². The largest absolute Gasteiger partial charge is 0.494 e. The van der Waals surface area contributed by atoms with Gasteiger partial charge in [-0.25, -0.2) is 4.39 Å². The Hall–Kier alpha value is -1.95. The summed E-state index contributed by atoms with van der Waals surface area (Å²) in [6, 6.07) is 5.14. The number of methoxy groups -OCH3 is 1. The fraction of sp³-hybridized carbons (Fsp3) is 0.429. The minimum atomic E-state index is -0.412. The molecule has 5 nitrogen and oxygen atoms in total. The van der Waals surface area contributed by atoms with Crippen LogP contribution in [0.15, 0.2) is 22.6 Å². The van der Waals surface area contributed by atoms with Crippen molar-refractivity contribution in [1.82, 2.24) is 15.5 Å². The average Bonchev–Trinajstić information content (AvgIpc) is 3.16. The van der Waals surface area contributed by atoms with Crippen LogP contribution in [0.5, 0.6) is 5.75 Å². The zero-order valence-corrected chi connectivity index (χ0v) is 11.2. The molecular formula is C14H16FN3O2. The highest BCUT2D eigenvalue weighted by molar-refractivity contribution is 5.55. The summed E-state index contributed by atoms with van der Waals surface area (Å²) in [7, 11) is 1.42. The molecule has 1 aliphatic carbocycles. The van der Waals surface area contributed by atoms with Crippen molar-refractivity contribution in [3.8, 4) is 17.2 Å². The van der Waals surface area contributed by atoms with Gasteiger partial charge in [0.1, 0.15) is 0 Å². The number of rotatable bonds is 6. The van der Waals surface area contributed by atoms with Gasteiger partial charge in [-0.3, -0.25) is 0 Å². The molecule has 2 aromatic rings. The van der Waals surface area contributed by atoms with Gasteiger partial charge in [0.25, 0.3) is 0 Å². The molecule has 0 saturated heterocycles. The molecule has 1 aromatic carbocycles. The quantitative estimate of drug-likeness (QED) is 0.877. The van der Waals surface area contributed by atoms with Crippen LogP contribution >= 0.6 is 0 Å². The Balaban J connectivity index is 1.68. The van der Waals surface area contributed by atoms with E-state index in [0.717, 1.165) is 6.54 Å². The number of ether oxygens (including phenoxy) is 1.